The summed E-state index contributed by atoms with van der Waals surface area (Å²) in [4.78, 5) is 0.363. The second kappa shape index (κ2) is 16.8. The Morgan fingerprint density at radius 3 is 1.96 bits per heavy atom. The van der Waals surface area contributed by atoms with Crippen molar-refractivity contribution in [1.82, 2.24) is 0 Å². The topological polar surface area (TPSA) is 3.24 Å². The Kier molecular flexibility index (Phi) is 4.19. The van der Waals surface area contributed by atoms with Crippen molar-refractivity contribution in [2.45, 2.75) is 24.5 Å². The fourth-order valence-electron chi connectivity index (χ4n) is 9.63. The molecule has 0 saturated carbocycles. The third kappa shape index (κ3) is 6.69. The molecule has 1 atom stereocenters. The van der Waals surface area contributed by atoms with Gasteiger partial charge >= 0.3 is 0 Å². The first-order valence-corrected chi connectivity index (χ1v) is 22.2. The molecule has 73 heavy (non-hydrogen) atoms. The van der Waals surface area contributed by atoms with Crippen LogP contribution >= 0.6 is 0 Å². The van der Waals surface area contributed by atoms with Gasteiger partial charge in [0.25, 0.3) is 0 Å². The number of nitrogens with zero attached hydrogens (tertiary/aromatic N) is 1. The van der Waals surface area contributed by atoms with Crippen molar-refractivity contribution in [3.05, 3.63) is 306 Å². The van der Waals surface area contributed by atoms with Crippen molar-refractivity contribution >= 4 is 38.6 Å². The summed E-state index contributed by atoms with van der Waals surface area (Å²) >= 11 is 0. The average molecular weight is 971 g/mol. The minimum atomic E-state index is -3.93. The minimum Gasteiger partial charge on any atom is -0.310 e. The summed E-state index contributed by atoms with van der Waals surface area (Å²) in [6.07, 6.45) is 0. The average Bonchev–Trinajstić information content (AvgIpc) is 1.50. The number of fused-ring (bicyclic) bond motifs is 8. The molecule has 0 spiro atoms. The van der Waals surface area contributed by atoms with Crippen LogP contribution in [0.25, 0.3) is 77.2 Å². The van der Waals surface area contributed by atoms with Crippen molar-refractivity contribution in [2.24, 2.45) is 0 Å². The second-order valence-corrected chi connectivity index (χ2v) is 16.7. The molecule has 1 nitrogen and oxygen atoms in total. The minimum absolute atomic E-state index is 0.238. The molecule has 12 aromatic carbocycles. The standard InChI is InChI=1S/C72H51N/c1-71(2)66-30-15-13-28-62(66)64-42-37-53(46-68(64)71)52-21-17-26-58(45-52)73(59-40-43-65-63-29-14-16-31-67(63)72(69(65)47-59,55-22-5-3-6-23-55)56-24-7-4-8-25-56)57-38-34-50(35-39-57)61-41-36-49-19-11-12-27-60(49)70(61)54-33-32-48-18-9-10-20-51(48)44-54/h3-47H,1-2H3/i1D3,2D3,3D,5D,7D,11D,12D,13D,14D,15D,16D,17D,18D,19D,20D,21D,24D,25D,26D,27D,28D,29D,30D,31D,32D,33D,34D,35D,36D,37D,38D,39D,41D,42D,43D,45D,47D. The molecular weight excluding hydrogens is 879 g/mol. The molecule has 0 aliphatic heterocycles. The van der Waals surface area contributed by atoms with Gasteiger partial charge in [0.15, 0.2) is 0 Å². The highest BCUT2D eigenvalue weighted by molar-refractivity contribution is 6.06. The number of benzene rings is 12. The normalized spacial score (nSPS) is 23.2. The Morgan fingerprint density at radius 1 is 0.356 bits per heavy atom. The predicted molar refractivity (Wildman–Crippen MR) is 307 cm³/mol. The highest BCUT2D eigenvalue weighted by Crippen LogP contribution is 2.58. The molecule has 0 aromatic heterocycles. The SMILES string of the molecule is [2H]c1ccc(C2(c3c([2H])ccc([2H])c3[2H])c3c([2H])c(N(c4c([2H])c([2H])c(-c5c([2H])c([2H])c6c([2H])c([2H])c([2H])c([2H])c6c5-c5cc6c([2H])ccc([2H])c6c([2H])c5[2H])c([2H])c4[2H])c4c([2H])c([2H])c([2H])c(-c5cc6c(c([2H])c5[2H])-c5c([2H])c([2H])c([2H])c([2H])c5C6(C([2H])([2H])[2H])C([2H])([2H])[2H])c4[2H])cc([2H])c3-c3c([2H])c([2H])c([2H])c([2H])c32)cc1[2H]. The van der Waals surface area contributed by atoms with Crippen LogP contribution in [0.4, 0.5) is 17.1 Å². The molecule has 1 heteroatoms. The lowest BCUT2D eigenvalue weighted by Gasteiger charge is -2.35. The van der Waals surface area contributed by atoms with Gasteiger partial charge in [-0.2, -0.15) is 0 Å². The van der Waals surface area contributed by atoms with Gasteiger partial charge in [0, 0.05) is 30.7 Å². The molecule has 0 N–H and O–H groups in total. The molecule has 0 amide bonds. The molecule has 344 valence electrons. The van der Waals surface area contributed by atoms with Crippen LogP contribution in [-0.2, 0) is 10.8 Å². The first kappa shape index (κ1) is 18.2. The maximum atomic E-state index is 11.0. The van der Waals surface area contributed by atoms with Crippen molar-refractivity contribution in [3.8, 4) is 55.6 Å². The third-order valence-electron chi connectivity index (χ3n) is 12.8. The monoisotopic (exact) mass is 971 g/mol. The lowest BCUT2D eigenvalue weighted by atomic mass is 9.67. The second-order valence-electron chi connectivity index (χ2n) is 16.7. The maximum Gasteiger partial charge on any atom is 0.0714 e. The van der Waals surface area contributed by atoms with Gasteiger partial charge < -0.3 is 4.90 Å². The summed E-state index contributed by atoms with van der Waals surface area (Å²) in [5, 5.41) is -1.95. The zero-order chi connectivity index (χ0) is 84.1. The molecule has 0 fully saturated rings. The number of hydrogen-bond donors (Lipinski definition) is 0. The smallest absolute Gasteiger partial charge is 0.0714 e. The molecular formula is C72H51N. The van der Waals surface area contributed by atoms with Crippen LogP contribution in [0.3, 0.4) is 0 Å². The van der Waals surface area contributed by atoms with Crippen LogP contribution in [0.5, 0.6) is 0 Å². The van der Waals surface area contributed by atoms with Crippen molar-refractivity contribution in [2.75, 3.05) is 4.90 Å². The Hall–Kier alpha value is -9.04. The quantitative estimate of drug-likeness (QED) is 0.147. The fourth-order valence-corrected chi connectivity index (χ4v) is 9.63. The van der Waals surface area contributed by atoms with Crippen molar-refractivity contribution in [3.63, 3.8) is 0 Å². The summed E-state index contributed by atoms with van der Waals surface area (Å²) in [5.41, 5.74) is -23.4. The lowest BCUT2D eigenvalue weighted by Crippen LogP contribution is -2.28. The lowest BCUT2D eigenvalue weighted by molar-refractivity contribution is 0.660. The van der Waals surface area contributed by atoms with Crippen LogP contribution in [0.1, 0.15) is 103 Å². The number of anilines is 3. The van der Waals surface area contributed by atoms with E-state index in [0.29, 0.717) is 17.0 Å². The van der Waals surface area contributed by atoms with Gasteiger partial charge in [0.05, 0.1) is 53.4 Å². The van der Waals surface area contributed by atoms with Crippen molar-refractivity contribution < 1.29 is 56.2 Å². The van der Waals surface area contributed by atoms with Crippen LogP contribution in [0.15, 0.2) is 272 Å². The zero-order valence-electron chi connectivity index (χ0n) is 78.2. The van der Waals surface area contributed by atoms with E-state index in [1.54, 1.807) is 0 Å². The first-order chi connectivity index (χ1) is 53.0. The van der Waals surface area contributed by atoms with Crippen LogP contribution < -0.4 is 4.90 Å². The summed E-state index contributed by atoms with van der Waals surface area (Å²) in [5.74, 6) is 0. The Balaban J connectivity index is 1.20. The maximum absolute atomic E-state index is 11.0. The molecule has 0 saturated heterocycles. The van der Waals surface area contributed by atoms with Gasteiger partial charge in [-0.1, -0.05) is 237 Å². The fraction of sp³-hybridized carbons (Fsp3) is 0.0556. The Morgan fingerprint density at radius 2 is 1.08 bits per heavy atom. The zero-order valence-corrected chi connectivity index (χ0v) is 37.2. The number of hydrogen-bond acceptors (Lipinski definition) is 1. The largest absolute Gasteiger partial charge is 0.310 e. The highest BCUT2D eigenvalue weighted by Gasteiger charge is 2.46. The van der Waals surface area contributed by atoms with E-state index in [2.05, 4.69) is 0 Å². The Labute approximate surface area is 485 Å². The molecule has 12 aromatic rings. The van der Waals surface area contributed by atoms with Crippen LogP contribution in [0.2, 0.25) is 0 Å². The molecule has 1 unspecified atom stereocenters. The van der Waals surface area contributed by atoms with E-state index in [4.69, 9.17) is 26.0 Å². The molecule has 0 heterocycles. The van der Waals surface area contributed by atoms with Gasteiger partial charge in [0.1, 0.15) is 0 Å². The van der Waals surface area contributed by atoms with Gasteiger partial charge in [-0.05, 0) is 159 Å². The van der Waals surface area contributed by atoms with E-state index in [9.17, 15) is 30.2 Å². The van der Waals surface area contributed by atoms with Gasteiger partial charge in [-0.15, -0.1) is 0 Å². The molecule has 2 aliphatic carbocycles. The Bertz CT molecular complexity index is 6430. The molecule has 0 bridgehead atoms. The summed E-state index contributed by atoms with van der Waals surface area (Å²) < 4.78 is 388. The van der Waals surface area contributed by atoms with E-state index in [-0.39, 0.29) is 22.9 Å². The van der Waals surface area contributed by atoms with E-state index in [0.717, 1.165) is 48.5 Å². The van der Waals surface area contributed by atoms with E-state index in [1.165, 1.54) is 0 Å². The van der Waals surface area contributed by atoms with E-state index in [1.807, 2.05) is 0 Å². The van der Waals surface area contributed by atoms with Crippen LogP contribution in [0, 0.1) is 0 Å². The van der Waals surface area contributed by atoms with Gasteiger partial charge in [-0.3, -0.25) is 0 Å². The first-order valence-electron chi connectivity index (χ1n) is 42.7. The molecule has 0 radical (unpaired) electrons. The van der Waals surface area contributed by atoms with Crippen molar-refractivity contribution in [1.29, 1.82) is 0 Å². The summed E-state index contributed by atoms with van der Waals surface area (Å²) in [6.45, 7) is -7.87. The van der Waals surface area contributed by atoms with Gasteiger partial charge in [0.2, 0.25) is 0 Å². The summed E-state index contributed by atoms with van der Waals surface area (Å²) in [6, 6.07) is -26.2. The van der Waals surface area contributed by atoms with Gasteiger partial charge in [-0.25, -0.2) is 0 Å². The highest BCUT2D eigenvalue weighted by atomic mass is 15.1. The van der Waals surface area contributed by atoms with E-state index >= 15 is 0 Å². The number of rotatable bonds is 8. The van der Waals surface area contributed by atoms with E-state index < -0.39 is 341 Å². The molecule has 14 rings (SSSR count). The van der Waals surface area contributed by atoms with Crippen LogP contribution in [-0.4, -0.2) is 0 Å². The third-order valence-corrected chi connectivity index (χ3v) is 12.8. The molecule has 2 aliphatic rings. The summed E-state index contributed by atoms with van der Waals surface area (Å²) in [7, 11) is 0. The predicted octanol–water partition coefficient (Wildman–Crippen LogP) is 19.1.